The zero-order chi connectivity index (χ0) is 18.7. The minimum atomic E-state index is -4.36. The van der Waals surface area contributed by atoms with Crippen molar-refractivity contribution in [3.8, 4) is 0 Å². The Kier molecular flexibility index (Phi) is 4.79. The van der Waals surface area contributed by atoms with Crippen molar-refractivity contribution in [2.45, 2.75) is 19.1 Å². The van der Waals surface area contributed by atoms with Gasteiger partial charge in [0.1, 0.15) is 5.82 Å². The van der Waals surface area contributed by atoms with Gasteiger partial charge in [-0.15, -0.1) is 0 Å². The highest BCUT2D eigenvalue weighted by molar-refractivity contribution is 5.89. The molecular formula is C19H15F3N2O2. The molecule has 0 bridgehead atoms. The molecule has 7 heteroatoms. The maximum absolute atomic E-state index is 12.6. The van der Waals surface area contributed by atoms with Crippen LogP contribution in [0.5, 0.6) is 0 Å². The molecule has 0 saturated heterocycles. The molecule has 0 saturated carbocycles. The van der Waals surface area contributed by atoms with Gasteiger partial charge in [0.15, 0.2) is 0 Å². The van der Waals surface area contributed by atoms with E-state index >= 15 is 0 Å². The van der Waals surface area contributed by atoms with Crippen molar-refractivity contribution in [2.24, 2.45) is 0 Å². The Morgan fingerprint density at radius 3 is 2.42 bits per heavy atom. The molecule has 0 aliphatic carbocycles. The molecule has 26 heavy (non-hydrogen) atoms. The number of benzene rings is 2. The van der Waals surface area contributed by atoms with Gasteiger partial charge in [0.05, 0.1) is 11.1 Å². The van der Waals surface area contributed by atoms with Crippen LogP contribution in [-0.4, -0.2) is 20.6 Å². The quantitative estimate of drug-likeness (QED) is 0.740. The Morgan fingerprint density at radius 2 is 1.77 bits per heavy atom. The second-order valence-electron chi connectivity index (χ2n) is 5.81. The van der Waals surface area contributed by atoms with Gasteiger partial charge in [-0.2, -0.15) is 13.2 Å². The van der Waals surface area contributed by atoms with Crippen molar-refractivity contribution in [1.82, 2.24) is 9.55 Å². The summed E-state index contributed by atoms with van der Waals surface area (Å²) < 4.78 is 39.7. The molecule has 3 rings (SSSR count). The highest BCUT2D eigenvalue weighted by atomic mass is 19.4. The third kappa shape index (κ3) is 3.93. The average molecular weight is 360 g/mol. The first-order chi connectivity index (χ1) is 12.3. The highest BCUT2D eigenvalue weighted by Gasteiger charge is 2.29. The number of carboxylic acid groups (broad SMARTS) is 1. The van der Waals surface area contributed by atoms with E-state index in [2.05, 4.69) is 4.98 Å². The monoisotopic (exact) mass is 360 g/mol. The highest BCUT2D eigenvalue weighted by Crippen LogP contribution is 2.29. The number of halogens is 3. The van der Waals surface area contributed by atoms with Gasteiger partial charge in [-0.05, 0) is 29.3 Å². The van der Waals surface area contributed by atoms with E-state index in [1.807, 2.05) is 0 Å². The summed E-state index contributed by atoms with van der Waals surface area (Å²) in [7, 11) is 0. The number of carboxylic acids is 1. The second kappa shape index (κ2) is 7.03. The van der Waals surface area contributed by atoms with Crippen LogP contribution in [0.25, 0.3) is 0 Å². The van der Waals surface area contributed by atoms with Crippen LogP contribution >= 0.6 is 0 Å². The summed E-state index contributed by atoms with van der Waals surface area (Å²) in [5.74, 6) is -0.366. The Bertz CT molecular complexity index is 915. The van der Waals surface area contributed by atoms with Gasteiger partial charge in [-0.3, -0.25) is 0 Å². The fraction of sp³-hybridized carbons (Fsp3) is 0.158. The van der Waals surface area contributed by atoms with Gasteiger partial charge in [-0.25, -0.2) is 9.78 Å². The third-order valence-corrected chi connectivity index (χ3v) is 4.03. The summed E-state index contributed by atoms with van der Waals surface area (Å²) in [6.45, 7) is 0.318. The van der Waals surface area contributed by atoms with E-state index in [-0.39, 0.29) is 5.56 Å². The number of hydrogen-bond donors (Lipinski definition) is 1. The summed E-state index contributed by atoms with van der Waals surface area (Å²) in [5, 5.41) is 9.27. The molecule has 1 heterocycles. The van der Waals surface area contributed by atoms with Gasteiger partial charge in [0.25, 0.3) is 0 Å². The van der Waals surface area contributed by atoms with Crippen molar-refractivity contribution in [3.05, 3.63) is 89.0 Å². The van der Waals surface area contributed by atoms with E-state index in [0.717, 1.165) is 12.1 Å². The summed E-state index contributed by atoms with van der Waals surface area (Å²) in [6, 6.07) is 11.6. The fourth-order valence-electron chi connectivity index (χ4n) is 2.70. The Hall–Kier alpha value is -3.09. The molecule has 3 aromatic rings. The summed E-state index contributed by atoms with van der Waals surface area (Å²) in [5.41, 5.74) is 0.838. The zero-order valence-corrected chi connectivity index (χ0v) is 13.6. The lowest BCUT2D eigenvalue weighted by Gasteiger charge is -2.11. The first-order valence-electron chi connectivity index (χ1n) is 7.82. The summed E-state index contributed by atoms with van der Waals surface area (Å²) in [4.78, 5) is 15.6. The average Bonchev–Trinajstić information content (AvgIpc) is 3.02. The summed E-state index contributed by atoms with van der Waals surface area (Å²) >= 11 is 0. The van der Waals surface area contributed by atoms with Gasteiger partial charge >= 0.3 is 12.1 Å². The number of alkyl halides is 3. The number of nitrogens with zero attached hydrogens (tertiary/aromatic N) is 2. The molecule has 4 nitrogen and oxygen atoms in total. The molecule has 0 amide bonds. The molecule has 2 aromatic carbocycles. The van der Waals surface area contributed by atoms with E-state index in [4.69, 9.17) is 0 Å². The molecule has 0 unspecified atom stereocenters. The molecule has 0 radical (unpaired) electrons. The van der Waals surface area contributed by atoms with Gasteiger partial charge in [0, 0.05) is 25.4 Å². The van der Waals surface area contributed by atoms with E-state index in [1.54, 1.807) is 35.2 Å². The molecule has 0 aliphatic rings. The van der Waals surface area contributed by atoms with Crippen molar-refractivity contribution in [2.75, 3.05) is 0 Å². The van der Waals surface area contributed by atoms with Crippen LogP contribution in [0.4, 0.5) is 13.2 Å². The lowest BCUT2D eigenvalue weighted by atomic mass is 10.1. The largest absolute Gasteiger partial charge is 0.478 e. The molecule has 134 valence electrons. The number of rotatable bonds is 5. The van der Waals surface area contributed by atoms with Crippen molar-refractivity contribution < 1.29 is 23.1 Å². The molecule has 1 aromatic heterocycles. The molecule has 0 fully saturated rings. The lowest BCUT2D eigenvalue weighted by Crippen LogP contribution is -2.10. The third-order valence-electron chi connectivity index (χ3n) is 4.03. The number of aromatic carboxylic acids is 1. The van der Waals surface area contributed by atoms with Crippen LogP contribution in [0.3, 0.4) is 0 Å². The van der Waals surface area contributed by atoms with E-state index in [9.17, 15) is 23.1 Å². The topological polar surface area (TPSA) is 55.1 Å². The lowest BCUT2D eigenvalue weighted by molar-refractivity contribution is -0.137. The standard InChI is InChI=1S/C19H15F3N2O2/c20-19(21,22)15-7-5-13(6-8-15)11-17-23-9-10-24(17)12-14-3-1-2-4-16(14)18(25)26/h1-10H,11-12H2,(H,25,26). The van der Waals surface area contributed by atoms with Crippen molar-refractivity contribution in [3.63, 3.8) is 0 Å². The minimum Gasteiger partial charge on any atom is -0.478 e. The molecule has 1 N–H and O–H groups in total. The minimum absolute atomic E-state index is 0.210. The Labute approximate surface area is 147 Å². The van der Waals surface area contributed by atoms with Gasteiger partial charge in [-0.1, -0.05) is 30.3 Å². The number of carbonyl (C=O) groups is 1. The van der Waals surface area contributed by atoms with Crippen LogP contribution in [0.15, 0.2) is 60.9 Å². The van der Waals surface area contributed by atoms with E-state index in [1.165, 1.54) is 18.2 Å². The maximum Gasteiger partial charge on any atom is 0.416 e. The van der Waals surface area contributed by atoms with Crippen LogP contribution in [-0.2, 0) is 19.1 Å². The smallest absolute Gasteiger partial charge is 0.416 e. The molecule has 0 atom stereocenters. The first-order valence-corrected chi connectivity index (χ1v) is 7.82. The number of aromatic nitrogens is 2. The number of hydrogen-bond acceptors (Lipinski definition) is 2. The van der Waals surface area contributed by atoms with E-state index < -0.39 is 17.7 Å². The van der Waals surface area contributed by atoms with Gasteiger partial charge in [0.2, 0.25) is 0 Å². The Morgan fingerprint density at radius 1 is 1.08 bits per heavy atom. The van der Waals surface area contributed by atoms with Crippen molar-refractivity contribution >= 4 is 5.97 Å². The van der Waals surface area contributed by atoms with Crippen LogP contribution < -0.4 is 0 Å². The molecule has 0 spiro atoms. The van der Waals surface area contributed by atoms with Crippen LogP contribution in [0, 0.1) is 0 Å². The molecular weight excluding hydrogens is 345 g/mol. The zero-order valence-electron chi connectivity index (χ0n) is 13.6. The predicted molar refractivity (Wildman–Crippen MR) is 89.0 cm³/mol. The predicted octanol–water partition coefficient (Wildman–Crippen LogP) is 4.24. The maximum atomic E-state index is 12.6. The summed E-state index contributed by atoms with van der Waals surface area (Å²) in [6.07, 6.45) is -0.710. The van der Waals surface area contributed by atoms with Crippen molar-refractivity contribution in [1.29, 1.82) is 0 Å². The van der Waals surface area contributed by atoms with Crippen LogP contribution in [0.2, 0.25) is 0 Å². The number of imidazole rings is 1. The Balaban J connectivity index is 1.80. The molecule has 0 aliphatic heterocycles. The van der Waals surface area contributed by atoms with Gasteiger partial charge < -0.3 is 9.67 Å². The SMILES string of the molecule is O=C(O)c1ccccc1Cn1ccnc1Cc1ccc(C(F)(F)F)cc1. The normalized spacial score (nSPS) is 11.5. The van der Waals surface area contributed by atoms with Crippen LogP contribution in [0.1, 0.15) is 32.9 Å². The second-order valence-corrected chi connectivity index (χ2v) is 5.81. The first kappa shape index (κ1) is 17.7. The van der Waals surface area contributed by atoms with E-state index in [0.29, 0.717) is 29.9 Å². The fourth-order valence-corrected chi connectivity index (χ4v) is 2.70.